The van der Waals surface area contributed by atoms with Crippen molar-refractivity contribution in [3.63, 3.8) is 0 Å². The highest BCUT2D eigenvalue weighted by atomic mass is 15.3. The van der Waals surface area contributed by atoms with E-state index in [1.165, 1.54) is 58.5 Å². The number of nitrogens with one attached hydrogen (secondary N) is 1. The highest BCUT2D eigenvalue weighted by Crippen LogP contribution is 2.26. The minimum atomic E-state index is 0.827. The van der Waals surface area contributed by atoms with Gasteiger partial charge in [-0.2, -0.15) is 0 Å². The lowest BCUT2D eigenvalue weighted by Gasteiger charge is -2.42. The summed E-state index contributed by atoms with van der Waals surface area (Å²) in [5, 5.41) is 3.58. The van der Waals surface area contributed by atoms with Crippen LogP contribution in [-0.4, -0.2) is 61.2 Å². The van der Waals surface area contributed by atoms with Gasteiger partial charge in [-0.3, -0.25) is 9.80 Å². The zero-order chi connectivity index (χ0) is 11.0. The van der Waals surface area contributed by atoms with Gasteiger partial charge in [0.1, 0.15) is 0 Å². The summed E-state index contributed by atoms with van der Waals surface area (Å²) in [5.41, 5.74) is 0. The molecule has 3 aliphatic heterocycles. The Labute approximate surface area is 99.2 Å². The van der Waals surface area contributed by atoms with Crippen LogP contribution in [0.1, 0.15) is 26.2 Å². The van der Waals surface area contributed by atoms with E-state index in [0.29, 0.717) is 0 Å². The predicted molar refractivity (Wildman–Crippen MR) is 66.6 cm³/mol. The van der Waals surface area contributed by atoms with Crippen molar-refractivity contribution in [2.45, 2.75) is 38.3 Å². The molecule has 3 heteroatoms. The van der Waals surface area contributed by atoms with E-state index in [0.717, 1.165) is 18.0 Å². The van der Waals surface area contributed by atoms with Crippen LogP contribution in [-0.2, 0) is 0 Å². The third-order valence-electron chi connectivity index (χ3n) is 4.92. The van der Waals surface area contributed by atoms with Crippen molar-refractivity contribution < 1.29 is 0 Å². The highest BCUT2D eigenvalue weighted by molar-refractivity contribution is 4.94. The Kier molecular flexibility index (Phi) is 3.18. The molecule has 3 fully saturated rings. The lowest BCUT2D eigenvalue weighted by molar-refractivity contribution is 0.0623. The Morgan fingerprint density at radius 3 is 2.88 bits per heavy atom. The molecule has 1 N–H and O–H groups in total. The van der Waals surface area contributed by atoms with Crippen molar-refractivity contribution in [1.29, 1.82) is 0 Å². The van der Waals surface area contributed by atoms with Crippen LogP contribution in [0.4, 0.5) is 0 Å². The van der Waals surface area contributed by atoms with Gasteiger partial charge in [0.05, 0.1) is 0 Å². The van der Waals surface area contributed by atoms with Gasteiger partial charge in [-0.15, -0.1) is 0 Å². The molecular weight excluding hydrogens is 198 g/mol. The van der Waals surface area contributed by atoms with Crippen LogP contribution in [0.3, 0.4) is 0 Å². The first-order valence-corrected chi connectivity index (χ1v) is 7.07. The first-order chi connectivity index (χ1) is 7.88. The molecule has 0 saturated carbocycles. The standard InChI is InChI=1S/C13H25N3/c1-2-11-8-14-9-13(11)16-7-6-15-5-3-4-12(15)10-16/h11-14H,2-10H2,1H3. The van der Waals surface area contributed by atoms with E-state index in [4.69, 9.17) is 0 Å². The van der Waals surface area contributed by atoms with Crippen molar-refractivity contribution in [3.05, 3.63) is 0 Å². The highest BCUT2D eigenvalue weighted by Gasteiger charge is 2.37. The predicted octanol–water partition coefficient (Wildman–Crippen LogP) is 0.764. The molecule has 3 heterocycles. The molecule has 92 valence electrons. The Bertz CT molecular complexity index is 243. The maximum atomic E-state index is 3.58. The number of rotatable bonds is 2. The fourth-order valence-electron chi connectivity index (χ4n) is 3.88. The molecule has 3 unspecified atom stereocenters. The minimum Gasteiger partial charge on any atom is -0.315 e. The molecule has 0 amide bonds. The second-order valence-corrected chi connectivity index (χ2v) is 5.72. The zero-order valence-corrected chi connectivity index (χ0v) is 10.5. The Morgan fingerprint density at radius 1 is 1.12 bits per heavy atom. The van der Waals surface area contributed by atoms with E-state index in [9.17, 15) is 0 Å². The number of hydrogen-bond donors (Lipinski definition) is 1. The second kappa shape index (κ2) is 4.63. The average Bonchev–Trinajstić information content (AvgIpc) is 2.96. The van der Waals surface area contributed by atoms with E-state index in [1.807, 2.05) is 0 Å². The first kappa shape index (κ1) is 11.0. The van der Waals surface area contributed by atoms with Crippen LogP contribution < -0.4 is 5.32 Å². The number of nitrogens with zero attached hydrogens (tertiary/aromatic N) is 2. The van der Waals surface area contributed by atoms with Crippen LogP contribution in [0.5, 0.6) is 0 Å². The number of piperazine rings is 1. The smallest absolute Gasteiger partial charge is 0.0262 e. The lowest BCUT2D eigenvalue weighted by atomic mass is 9.97. The van der Waals surface area contributed by atoms with Crippen LogP contribution in [0.15, 0.2) is 0 Å². The van der Waals surface area contributed by atoms with Crippen molar-refractivity contribution in [3.8, 4) is 0 Å². The summed E-state index contributed by atoms with van der Waals surface area (Å²) in [7, 11) is 0. The molecule has 3 aliphatic rings. The third-order valence-corrected chi connectivity index (χ3v) is 4.92. The zero-order valence-electron chi connectivity index (χ0n) is 10.5. The van der Waals surface area contributed by atoms with Crippen LogP contribution in [0.25, 0.3) is 0 Å². The monoisotopic (exact) mass is 223 g/mol. The summed E-state index contributed by atoms with van der Waals surface area (Å²) in [4.78, 5) is 5.49. The van der Waals surface area contributed by atoms with Crippen molar-refractivity contribution >= 4 is 0 Å². The molecule has 3 nitrogen and oxygen atoms in total. The maximum absolute atomic E-state index is 3.58. The summed E-state index contributed by atoms with van der Waals surface area (Å²) in [6.07, 6.45) is 4.20. The van der Waals surface area contributed by atoms with Gasteiger partial charge in [0.2, 0.25) is 0 Å². The molecule has 0 aromatic heterocycles. The quantitative estimate of drug-likeness (QED) is 0.746. The SMILES string of the molecule is CCC1CNCC1N1CCN2CCCC2C1. The topological polar surface area (TPSA) is 18.5 Å². The van der Waals surface area contributed by atoms with Crippen molar-refractivity contribution in [1.82, 2.24) is 15.1 Å². The van der Waals surface area contributed by atoms with Gasteiger partial charge in [-0.05, 0) is 31.8 Å². The minimum absolute atomic E-state index is 0.827. The van der Waals surface area contributed by atoms with Crippen molar-refractivity contribution in [2.75, 3.05) is 39.3 Å². The van der Waals surface area contributed by atoms with Crippen LogP contribution in [0, 0.1) is 5.92 Å². The number of fused-ring (bicyclic) bond motifs is 1. The fourth-order valence-corrected chi connectivity index (χ4v) is 3.88. The average molecular weight is 223 g/mol. The molecule has 0 aromatic rings. The summed E-state index contributed by atoms with van der Waals surface area (Å²) < 4.78 is 0. The molecular formula is C13H25N3. The van der Waals surface area contributed by atoms with Crippen molar-refractivity contribution in [2.24, 2.45) is 5.92 Å². The molecule has 3 rings (SSSR count). The largest absolute Gasteiger partial charge is 0.315 e. The number of hydrogen-bond acceptors (Lipinski definition) is 3. The summed E-state index contributed by atoms with van der Waals surface area (Å²) in [6, 6.07) is 1.71. The molecule has 0 aliphatic carbocycles. The Hall–Kier alpha value is -0.120. The van der Waals surface area contributed by atoms with Gasteiger partial charge < -0.3 is 5.32 Å². The molecule has 0 radical (unpaired) electrons. The lowest BCUT2D eigenvalue weighted by Crippen LogP contribution is -2.55. The first-order valence-electron chi connectivity index (χ1n) is 7.07. The molecule has 0 bridgehead atoms. The summed E-state index contributed by atoms with van der Waals surface area (Å²) in [6.45, 7) is 10.1. The summed E-state index contributed by atoms with van der Waals surface area (Å²) >= 11 is 0. The van der Waals surface area contributed by atoms with E-state index < -0.39 is 0 Å². The molecule has 16 heavy (non-hydrogen) atoms. The maximum Gasteiger partial charge on any atom is 0.0262 e. The van der Waals surface area contributed by atoms with Gasteiger partial charge >= 0.3 is 0 Å². The molecule has 0 spiro atoms. The van der Waals surface area contributed by atoms with Gasteiger partial charge in [0.25, 0.3) is 0 Å². The van der Waals surface area contributed by atoms with E-state index in [1.54, 1.807) is 0 Å². The molecule has 3 atom stereocenters. The van der Waals surface area contributed by atoms with Gasteiger partial charge in [0.15, 0.2) is 0 Å². The Balaban J connectivity index is 1.62. The van der Waals surface area contributed by atoms with E-state index >= 15 is 0 Å². The van der Waals surface area contributed by atoms with E-state index in [-0.39, 0.29) is 0 Å². The third kappa shape index (κ3) is 1.89. The Morgan fingerprint density at radius 2 is 2.00 bits per heavy atom. The second-order valence-electron chi connectivity index (χ2n) is 5.72. The van der Waals surface area contributed by atoms with Crippen LogP contribution >= 0.6 is 0 Å². The fraction of sp³-hybridized carbons (Fsp3) is 1.00. The van der Waals surface area contributed by atoms with Crippen LogP contribution in [0.2, 0.25) is 0 Å². The van der Waals surface area contributed by atoms with Gasteiger partial charge in [0, 0.05) is 38.3 Å². The van der Waals surface area contributed by atoms with E-state index in [2.05, 4.69) is 22.0 Å². The summed E-state index contributed by atoms with van der Waals surface area (Å²) in [5.74, 6) is 0.896. The molecule has 0 aromatic carbocycles. The van der Waals surface area contributed by atoms with Gasteiger partial charge in [-0.1, -0.05) is 13.3 Å². The normalized spacial score (nSPS) is 41.4. The van der Waals surface area contributed by atoms with Gasteiger partial charge in [-0.25, -0.2) is 0 Å². The molecule has 3 saturated heterocycles.